The quantitative estimate of drug-likeness (QED) is 0.733. The van der Waals surface area contributed by atoms with E-state index < -0.39 is 0 Å². The SMILES string of the molecule is CC[C@H]1COCCN1C(=O)[C@@H]1CC(=O)N(c2cc(OC)c(OC)c(OC)c2)C1. The van der Waals surface area contributed by atoms with Crippen LogP contribution in [0.5, 0.6) is 17.2 Å². The Balaban J connectivity index is 1.82. The van der Waals surface area contributed by atoms with Gasteiger partial charge >= 0.3 is 0 Å². The molecule has 8 nitrogen and oxygen atoms in total. The van der Waals surface area contributed by atoms with Crippen LogP contribution in [-0.4, -0.2) is 70.4 Å². The van der Waals surface area contributed by atoms with Gasteiger partial charge in [0, 0.05) is 31.6 Å². The van der Waals surface area contributed by atoms with Crippen molar-refractivity contribution in [3.05, 3.63) is 12.1 Å². The molecule has 2 atom stereocenters. The molecule has 2 aliphatic heterocycles. The molecule has 2 fully saturated rings. The van der Waals surface area contributed by atoms with Crippen LogP contribution in [-0.2, 0) is 14.3 Å². The molecule has 28 heavy (non-hydrogen) atoms. The van der Waals surface area contributed by atoms with Crippen LogP contribution in [0.1, 0.15) is 19.8 Å². The van der Waals surface area contributed by atoms with E-state index in [1.54, 1.807) is 17.0 Å². The number of nitrogens with zero attached hydrogens (tertiary/aromatic N) is 2. The number of carbonyl (C=O) groups is 2. The molecular formula is C20H28N2O6. The molecule has 0 bridgehead atoms. The predicted octanol–water partition coefficient (Wildman–Crippen LogP) is 1.70. The number of anilines is 1. The van der Waals surface area contributed by atoms with E-state index in [-0.39, 0.29) is 30.2 Å². The number of ether oxygens (including phenoxy) is 4. The van der Waals surface area contributed by atoms with Gasteiger partial charge in [0.2, 0.25) is 17.6 Å². The van der Waals surface area contributed by atoms with E-state index >= 15 is 0 Å². The highest BCUT2D eigenvalue weighted by Crippen LogP contribution is 2.42. The zero-order chi connectivity index (χ0) is 20.3. The van der Waals surface area contributed by atoms with Gasteiger partial charge in [0.15, 0.2) is 11.5 Å². The number of rotatable bonds is 6. The van der Waals surface area contributed by atoms with E-state index in [0.29, 0.717) is 49.2 Å². The standard InChI is InChI=1S/C20H28N2O6/c1-5-14-12-28-7-6-21(14)20(24)13-8-18(23)22(11-13)15-9-16(25-2)19(27-4)17(10-15)26-3/h9-10,13-14H,5-8,11-12H2,1-4H3/t13-,14+/m1/s1. The summed E-state index contributed by atoms with van der Waals surface area (Å²) >= 11 is 0. The molecule has 154 valence electrons. The first kappa shape index (κ1) is 20.3. The molecule has 0 saturated carbocycles. The molecule has 0 radical (unpaired) electrons. The Bertz CT molecular complexity index is 712. The highest BCUT2D eigenvalue weighted by molar-refractivity contribution is 6.00. The lowest BCUT2D eigenvalue weighted by Gasteiger charge is -2.36. The number of morpholine rings is 1. The normalized spacial score (nSPS) is 22.4. The topological polar surface area (TPSA) is 77.5 Å². The molecule has 2 saturated heterocycles. The van der Waals surface area contributed by atoms with E-state index in [9.17, 15) is 9.59 Å². The fraction of sp³-hybridized carbons (Fsp3) is 0.600. The molecule has 8 heteroatoms. The highest BCUT2D eigenvalue weighted by atomic mass is 16.5. The summed E-state index contributed by atoms with van der Waals surface area (Å²) in [5.41, 5.74) is 0.629. The van der Waals surface area contributed by atoms with E-state index in [1.165, 1.54) is 21.3 Å². The maximum Gasteiger partial charge on any atom is 0.228 e. The van der Waals surface area contributed by atoms with Crippen LogP contribution in [0, 0.1) is 5.92 Å². The lowest BCUT2D eigenvalue weighted by Crippen LogP contribution is -2.50. The van der Waals surface area contributed by atoms with Crippen molar-refractivity contribution in [2.75, 3.05) is 52.5 Å². The van der Waals surface area contributed by atoms with Crippen molar-refractivity contribution in [2.45, 2.75) is 25.8 Å². The van der Waals surface area contributed by atoms with Gasteiger partial charge in [-0.05, 0) is 6.42 Å². The highest BCUT2D eigenvalue weighted by Gasteiger charge is 2.39. The van der Waals surface area contributed by atoms with Crippen LogP contribution in [0.2, 0.25) is 0 Å². The van der Waals surface area contributed by atoms with Crippen LogP contribution in [0.15, 0.2) is 12.1 Å². The first-order valence-corrected chi connectivity index (χ1v) is 9.52. The minimum Gasteiger partial charge on any atom is -0.493 e. The van der Waals surface area contributed by atoms with Gasteiger partial charge in [-0.25, -0.2) is 0 Å². The molecule has 0 N–H and O–H groups in total. The third-order valence-electron chi connectivity index (χ3n) is 5.42. The Morgan fingerprint density at radius 2 is 1.86 bits per heavy atom. The van der Waals surface area contributed by atoms with Gasteiger partial charge in [-0.3, -0.25) is 9.59 Å². The first-order valence-electron chi connectivity index (χ1n) is 9.52. The average molecular weight is 392 g/mol. The molecule has 0 aliphatic carbocycles. The molecule has 0 aromatic heterocycles. The number of carbonyl (C=O) groups excluding carboxylic acids is 2. The second-order valence-electron chi connectivity index (χ2n) is 6.96. The van der Waals surface area contributed by atoms with Crippen molar-refractivity contribution in [3.63, 3.8) is 0 Å². The van der Waals surface area contributed by atoms with Crippen LogP contribution >= 0.6 is 0 Å². The maximum absolute atomic E-state index is 13.1. The molecule has 2 heterocycles. The van der Waals surface area contributed by atoms with Gasteiger partial charge in [-0.2, -0.15) is 0 Å². The van der Waals surface area contributed by atoms with Crippen LogP contribution < -0.4 is 19.1 Å². The second-order valence-corrected chi connectivity index (χ2v) is 6.96. The van der Waals surface area contributed by atoms with E-state index in [2.05, 4.69) is 0 Å². The van der Waals surface area contributed by atoms with Gasteiger partial charge in [-0.15, -0.1) is 0 Å². The van der Waals surface area contributed by atoms with Crippen molar-refractivity contribution in [1.82, 2.24) is 4.90 Å². The van der Waals surface area contributed by atoms with Crippen LogP contribution in [0.4, 0.5) is 5.69 Å². The van der Waals surface area contributed by atoms with Gasteiger partial charge in [0.25, 0.3) is 0 Å². The fourth-order valence-corrected chi connectivity index (χ4v) is 3.86. The average Bonchev–Trinajstić information content (AvgIpc) is 3.13. The summed E-state index contributed by atoms with van der Waals surface area (Å²) in [6.45, 7) is 4.05. The Labute approximate surface area is 165 Å². The van der Waals surface area contributed by atoms with Crippen molar-refractivity contribution >= 4 is 17.5 Å². The third-order valence-corrected chi connectivity index (χ3v) is 5.42. The summed E-state index contributed by atoms with van der Waals surface area (Å²) in [6.07, 6.45) is 1.03. The Morgan fingerprint density at radius 1 is 1.18 bits per heavy atom. The van der Waals surface area contributed by atoms with E-state index in [1.807, 2.05) is 11.8 Å². The van der Waals surface area contributed by atoms with Gasteiger partial charge in [0.05, 0.1) is 52.2 Å². The zero-order valence-corrected chi connectivity index (χ0v) is 16.9. The van der Waals surface area contributed by atoms with E-state index in [4.69, 9.17) is 18.9 Å². The minimum absolute atomic E-state index is 0.0263. The third kappa shape index (κ3) is 3.73. The lowest BCUT2D eigenvalue weighted by molar-refractivity contribution is -0.144. The molecule has 2 amide bonds. The number of benzene rings is 1. The summed E-state index contributed by atoms with van der Waals surface area (Å²) in [4.78, 5) is 29.3. The number of hydrogen-bond acceptors (Lipinski definition) is 6. The molecule has 0 unspecified atom stereocenters. The molecule has 1 aromatic rings. The second kappa shape index (κ2) is 8.68. The van der Waals surface area contributed by atoms with Crippen molar-refractivity contribution in [2.24, 2.45) is 5.92 Å². The molecule has 1 aromatic carbocycles. The fourth-order valence-electron chi connectivity index (χ4n) is 3.86. The van der Waals surface area contributed by atoms with Crippen LogP contribution in [0.3, 0.4) is 0 Å². The predicted molar refractivity (Wildman–Crippen MR) is 103 cm³/mol. The van der Waals surface area contributed by atoms with Gasteiger partial charge in [-0.1, -0.05) is 6.92 Å². The van der Waals surface area contributed by atoms with Gasteiger partial charge < -0.3 is 28.7 Å². The number of amides is 2. The first-order chi connectivity index (χ1) is 13.5. The monoisotopic (exact) mass is 392 g/mol. The smallest absolute Gasteiger partial charge is 0.228 e. The van der Waals surface area contributed by atoms with E-state index in [0.717, 1.165) is 6.42 Å². The van der Waals surface area contributed by atoms with Crippen molar-refractivity contribution in [3.8, 4) is 17.2 Å². The van der Waals surface area contributed by atoms with Crippen molar-refractivity contribution in [1.29, 1.82) is 0 Å². The summed E-state index contributed by atoms with van der Waals surface area (Å²) in [7, 11) is 4.59. The minimum atomic E-state index is -0.362. The largest absolute Gasteiger partial charge is 0.493 e. The number of hydrogen-bond donors (Lipinski definition) is 0. The van der Waals surface area contributed by atoms with Crippen molar-refractivity contribution < 1.29 is 28.5 Å². The summed E-state index contributed by atoms with van der Waals surface area (Å²) in [6, 6.07) is 3.54. The molecule has 0 spiro atoms. The number of methoxy groups -OCH3 is 3. The Hall–Kier alpha value is -2.48. The molecule has 2 aliphatic rings. The van der Waals surface area contributed by atoms with Gasteiger partial charge in [0.1, 0.15) is 0 Å². The summed E-state index contributed by atoms with van der Waals surface area (Å²) in [5, 5.41) is 0. The Morgan fingerprint density at radius 3 is 2.43 bits per heavy atom. The Kier molecular flexibility index (Phi) is 6.28. The zero-order valence-electron chi connectivity index (χ0n) is 16.9. The molecule has 3 rings (SSSR count). The summed E-state index contributed by atoms with van der Waals surface area (Å²) in [5.74, 6) is 0.982. The lowest BCUT2D eigenvalue weighted by atomic mass is 10.0. The molecular weight excluding hydrogens is 364 g/mol. The maximum atomic E-state index is 13.1. The summed E-state index contributed by atoms with van der Waals surface area (Å²) < 4.78 is 21.6. The van der Waals surface area contributed by atoms with Crippen LogP contribution in [0.25, 0.3) is 0 Å².